The molecule has 1 aromatic rings. The van der Waals surface area contributed by atoms with Crippen LogP contribution in [0.4, 0.5) is 4.79 Å². The fraction of sp³-hybridized carbons (Fsp3) is 0.417. The lowest BCUT2D eigenvalue weighted by molar-refractivity contribution is 0.121. The van der Waals surface area contributed by atoms with Gasteiger partial charge in [0.1, 0.15) is 5.88 Å². The van der Waals surface area contributed by atoms with Crippen LogP contribution in [0.2, 0.25) is 0 Å². The predicted molar refractivity (Wildman–Crippen MR) is 68.0 cm³/mol. The Bertz CT molecular complexity index is 507. The Labute approximate surface area is 107 Å². The molecule has 0 N–H and O–H groups in total. The predicted octanol–water partition coefficient (Wildman–Crippen LogP) is 1.81. The molecule has 5 nitrogen and oxygen atoms in total. The Morgan fingerprint density at radius 2 is 1.83 bits per heavy atom. The van der Waals surface area contributed by atoms with Crippen molar-refractivity contribution < 1.29 is 17.9 Å². The molecule has 1 aromatic carbocycles. The van der Waals surface area contributed by atoms with E-state index in [9.17, 15) is 13.2 Å². The van der Waals surface area contributed by atoms with E-state index in [1.165, 1.54) is 19.2 Å². The normalized spacial score (nSPS) is 11.1. The van der Waals surface area contributed by atoms with Crippen LogP contribution in [0, 0.1) is 6.92 Å². The maximum atomic E-state index is 12.0. The van der Waals surface area contributed by atoms with E-state index in [0.29, 0.717) is 0 Å². The van der Waals surface area contributed by atoms with E-state index in [-0.39, 0.29) is 11.5 Å². The molecule has 0 spiro atoms. The first-order valence-corrected chi connectivity index (χ1v) is 7.19. The second-order valence-electron chi connectivity index (χ2n) is 3.95. The Morgan fingerprint density at radius 3 is 2.33 bits per heavy atom. The molecule has 1 amide bonds. The molecule has 1 rings (SSSR count). The van der Waals surface area contributed by atoms with Gasteiger partial charge < -0.3 is 4.74 Å². The van der Waals surface area contributed by atoms with Gasteiger partial charge in [0.2, 0.25) is 0 Å². The minimum atomic E-state index is -3.51. The maximum absolute atomic E-state index is 12.0. The van der Waals surface area contributed by atoms with Crippen LogP contribution in [0.5, 0.6) is 0 Å². The maximum Gasteiger partial charge on any atom is 0.410 e. The highest BCUT2D eigenvalue weighted by Gasteiger charge is 2.20. The molecular formula is C12H17NO4S. The molecule has 0 saturated heterocycles. The van der Waals surface area contributed by atoms with E-state index in [1.54, 1.807) is 19.1 Å². The number of carbonyl (C=O) groups excluding carboxylic acids is 1. The van der Waals surface area contributed by atoms with E-state index in [1.807, 2.05) is 6.92 Å². The molecule has 18 heavy (non-hydrogen) atoms. The van der Waals surface area contributed by atoms with Crippen LogP contribution >= 0.6 is 0 Å². The lowest BCUT2D eigenvalue weighted by Gasteiger charge is -2.16. The van der Waals surface area contributed by atoms with Crippen LogP contribution in [0.3, 0.4) is 0 Å². The highest BCUT2D eigenvalue weighted by atomic mass is 32.2. The van der Waals surface area contributed by atoms with Gasteiger partial charge in [-0.15, -0.1) is 0 Å². The van der Waals surface area contributed by atoms with E-state index in [0.717, 1.165) is 10.5 Å². The number of aryl methyl sites for hydroxylation is 1. The number of benzene rings is 1. The topological polar surface area (TPSA) is 63.7 Å². The van der Waals surface area contributed by atoms with Crippen LogP contribution in [0.15, 0.2) is 29.2 Å². The minimum Gasteiger partial charge on any atom is -0.450 e. The van der Waals surface area contributed by atoms with Crippen LogP contribution in [0.1, 0.15) is 12.5 Å². The number of hydrogen-bond acceptors (Lipinski definition) is 4. The summed E-state index contributed by atoms with van der Waals surface area (Å²) in [5, 5.41) is 0. The Morgan fingerprint density at radius 1 is 1.28 bits per heavy atom. The number of nitrogens with zero attached hydrogens (tertiary/aromatic N) is 1. The molecule has 0 radical (unpaired) electrons. The van der Waals surface area contributed by atoms with E-state index < -0.39 is 21.8 Å². The monoisotopic (exact) mass is 271 g/mol. The Kier molecular flexibility index (Phi) is 4.72. The summed E-state index contributed by atoms with van der Waals surface area (Å²) >= 11 is 0. The minimum absolute atomic E-state index is 0.198. The molecule has 0 unspecified atom stereocenters. The zero-order valence-electron chi connectivity index (χ0n) is 10.7. The Balaban J connectivity index is 2.82. The molecule has 0 fully saturated rings. The standard InChI is InChI=1S/C12H17NO4S/c1-4-17-12(14)13(3)9-18(15,16)11-7-5-10(2)6-8-11/h5-8H,4,9H2,1-3H3. The van der Waals surface area contributed by atoms with E-state index >= 15 is 0 Å². The number of ether oxygens (including phenoxy) is 1. The molecule has 0 saturated carbocycles. The summed E-state index contributed by atoms with van der Waals surface area (Å²) in [6, 6.07) is 6.50. The van der Waals surface area contributed by atoms with Gasteiger partial charge in [0.05, 0.1) is 11.5 Å². The van der Waals surface area contributed by atoms with Crippen molar-refractivity contribution >= 4 is 15.9 Å². The molecule has 100 valence electrons. The average Bonchev–Trinajstić information content (AvgIpc) is 2.29. The van der Waals surface area contributed by atoms with Gasteiger partial charge in [0.25, 0.3) is 0 Å². The van der Waals surface area contributed by atoms with Crippen LogP contribution in [-0.4, -0.2) is 38.9 Å². The van der Waals surface area contributed by atoms with Gasteiger partial charge in [-0.2, -0.15) is 0 Å². The van der Waals surface area contributed by atoms with Crippen molar-refractivity contribution in [2.24, 2.45) is 0 Å². The molecule has 0 aliphatic heterocycles. The molecule has 0 aliphatic carbocycles. The third-order valence-corrected chi connectivity index (χ3v) is 4.04. The number of hydrogen-bond donors (Lipinski definition) is 0. The van der Waals surface area contributed by atoms with Crippen molar-refractivity contribution in [2.45, 2.75) is 18.7 Å². The quantitative estimate of drug-likeness (QED) is 0.838. The summed E-state index contributed by atoms with van der Waals surface area (Å²) in [6.45, 7) is 3.76. The number of amides is 1. The summed E-state index contributed by atoms with van der Waals surface area (Å²) in [4.78, 5) is 12.6. The fourth-order valence-electron chi connectivity index (χ4n) is 1.36. The zero-order valence-corrected chi connectivity index (χ0v) is 11.5. The number of carbonyl (C=O) groups is 1. The Hall–Kier alpha value is -1.56. The molecule has 0 atom stereocenters. The average molecular weight is 271 g/mol. The summed E-state index contributed by atoms with van der Waals surface area (Å²) in [7, 11) is -2.12. The third kappa shape index (κ3) is 3.73. The van der Waals surface area contributed by atoms with Gasteiger partial charge in [-0.05, 0) is 26.0 Å². The first-order chi connectivity index (χ1) is 8.36. The second-order valence-corrected chi connectivity index (χ2v) is 5.91. The molecule has 0 aromatic heterocycles. The number of rotatable bonds is 4. The van der Waals surface area contributed by atoms with Gasteiger partial charge in [0.15, 0.2) is 9.84 Å². The summed E-state index contributed by atoms with van der Waals surface area (Å²) in [5.41, 5.74) is 0.979. The van der Waals surface area contributed by atoms with Crippen LogP contribution in [0.25, 0.3) is 0 Å². The lowest BCUT2D eigenvalue weighted by atomic mass is 10.2. The van der Waals surface area contributed by atoms with Crippen molar-refractivity contribution in [3.8, 4) is 0 Å². The van der Waals surface area contributed by atoms with Gasteiger partial charge in [-0.3, -0.25) is 4.90 Å². The van der Waals surface area contributed by atoms with Crippen molar-refractivity contribution in [1.82, 2.24) is 4.90 Å². The summed E-state index contributed by atoms with van der Waals surface area (Å²) in [5.74, 6) is -0.394. The molecule has 0 heterocycles. The van der Waals surface area contributed by atoms with Gasteiger partial charge in [-0.1, -0.05) is 17.7 Å². The molecule has 0 bridgehead atoms. The summed E-state index contributed by atoms with van der Waals surface area (Å²) in [6.07, 6.45) is -0.645. The van der Waals surface area contributed by atoms with Crippen molar-refractivity contribution in [1.29, 1.82) is 0 Å². The zero-order chi connectivity index (χ0) is 13.8. The van der Waals surface area contributed by atoms with Crippen molar-refractivity contribution in [3.05, 3.63) is 29.8 Å². The molecular weight excluding hydrogens is 254 g/mol. The third-order valence-electron chi connectivity index (χ3n) is 2.32. The highest BCUT2D eigenvalue weighted by molar-refractivity contribution is 7.91. The fourth-order valence-corrected chi connectivity index (χ4v) is 2.68. The first-order valence-electron chi connectivity index (χ1n) is 5.54. The van der Waals surface area contributed by atoms with Crippen LogP contribution in [-0.2, 0) is 14.6 Å². The van der Waals surface area contributed by atoms with Gasteiger partial charge in [-0.25, -0.2) is 13.2 Å². The highest BCUT2D eigenvalue weighted by Crippen LogP contribution is 2.13. The van der Waals surface area contributed by atoms with E-state index in [2.05, 4.69) is 0 Å². The number of sulfone groups is 1. The lowest BCUT2D eigenvalue weighted by Crippen LogP contribution is -2.32. The van der Waals surface area contributed by atoms with Crippen molar-refractivity contribution in [3.63, 3.8) is 0 Å². The van der Waals surface area contributed by atoms with Crippen LogP contribution < -0.4 is 0 Å². The summed E-state index contributed by atoms with van der Waals surface area (Å²) < 4.78 is 28.8. The largest absolute Gasteiger partial charge is 0.450 e. The molecule has 0 aliphatic rings. The SMILES string of the molecule is CCOC(=O)N(C)CS(=O)(=O)c1ccc(C)cc1. The van der Waals surface area contributed by atoms with Gasteiger partial charge in [0, 0.05) is 7.05 Å². The van der Waals surface area contributed by atoms with Gasteiger partial charge >= 0.3 is 6.09 Å². The smallest absolute Gasteiger partial charge is 0.410 e. The second kappa shape index (κ2) is 5.86. The van der Waals surface area contributed by atoms with Crippen molar-refractivity contribution in [2.75, 3.05) is 19.5 Å². The van der Waals surface area contributed by atoms with E-state index in [4.69, 9.17) is 4.74 Å². The first kappa shape index (κ1) is 14.5. The molecule has 6 heteroatoms.